The first kappa shape index (κ1) is 26.3. The Bertz CT molecular complexity index is 926. The molecular formula is C27H38O4S. The first-order valence-corrected chi connectivity index (χ1v) is 12.3. The quantitative estimate of drug-likeness (QED) is 0.405. The molecule has 0 heterocycles. The largest absolute Gasteiger partial charge is 0.491 e. The van der Waals surface area contributed by atoms with Gasteiger partial charge in [0.15, 0.2) is 0 Å². The van der Waals surface area contributed by atoms with Gasteiger partial charge < -0.3 is 14.9 Å². The zero-order chi connectivity index (χ0) is 24.1. The van der Waals surface area contributed by atoms with Crippen molar-refractivity contribution in [3.05, 3.63) is 58.7 Å². The lowest BCUT2D eigenvalue weighted by Gasteiger charge is -2.34. The molecule has 2 aromatic rings. The number of carbonyl (C=O) groups is 1. The lowest BCUT2D eigenvalue weighted by atomic mass is 9.70. The van der Waals surface area contributed by atoms with Crippen LogP contribution in [0.1, 0.15) is 69.7 Å². The molecule has 0 spiro atoms. The van der Waals surface area contributed by atoms with Crippen LogP contribution in [0, 0.1) is 19.3 Å². The van der Waals surface area contributed by atoms with Gasteiger partial charge in [0.1, 0.15) is 12.4 Å². The summed E-state index contributed by atoms with van der Waals surface area (Å²) in [7, 11) is 0. The monoisotopic (exact) mass is 458 g/mol. The van der Waals surface area contributed by atoms with Gasteiger partial charge in [-0.05, 0) is 66.5 Å². The molecule has 176 valence electrons. The Labute approximate surface area is 197 Å². The molecule has 0 aliphatic rings. The molecule has 0 amide bonds. The van der Waals surface area contributed by atoms with Crippen LogP contribution in [-0.2, 0) is 10.2 Å². The Morgan fingerprint density at radius 1 is 1.00 bits per heavy atom. The fourth-order valence-corrected chi connectivity index (χ4v) is 4.74. The van der Waals surface area contributed by atoms with Crippen LogP contribution in [0.5, 0.6) is 5.75 Å². The summed E-state index contributed by atoms with van der Waals surface area (Å²) in [6.45, 7) is 14.7. The highest BCUT2D eigenvalue weighted by Crippen LogP contribution is 2.42. The summed E-state index contributed by atoms with van der Waals surface area (Å²) in [5.41, 5.74) is 4.18. The molecule has 0 radical (unpaired) electrons. The van der Waals surface area contributed by atoms with E-state index >= 15 is 0 Å². The highest BCUT2D eigenvalue weighted by molar-refractivity contribution is 8.00. The smallest absolute Gasteiger partial charge is 0.313 e. The summed E-state index contributed by atoms with van der Waals surface area (Å²) in [4.78, 5) is 12.1. The number of thioether (sulfide) groups is 1. The molecule has 1 atom stereocenters. The minimum atomic E-state index is -0.806. The maximum absolute atomic E-state index is 11.1. The van der Waals surface area contributed by atoms with E-state index in [1.54, 1.807) is 0 Å². The normalized spacial score (nSPS) is 13.1. The molecule has 0 aliphatic carbocycles. The Balaban J connectivity index is 2.38. The SMILES string of the molecule is CCC(CC)(c1ccc(OCC(O)C(C)(C)C)c(C)c1)c1ccc(C)c(SCC(=O)O)c1. The Morgan fingerprint density at radius 2 is 1.59 bits per heavy atom. The van der Waals surface area contributed by atoms with Gasteiger partial charge in [-0.2, -0.15) is 0 Å². The molecule has 1 unspecified atom stereocenters. The standard InChI is InChI=1S/C27H38O4S/c1-8-27(9-2,21-11-10-18(3)23(15-21)32-17-25(29)30)20-12-13-22(19(4)14-20)31-16-24(28)26(5,6)7/h10-15,24,28H,8-9,16-17H2,1-7H3,(H,29,30). The van der Waals surface area contributed by atoms with E-state index in [4.69, 9.17) is 9.84 Å². The zero-order valence-corrected chi connectivity index (χ0v) is 21.3. The highest BCUT2D eigenvalue weighted by Gasteiger charge is 2.32. The van der Waals surface area contributed by atoms with Crippen molar-refractivity contribution in [1.29, 1.82) is 0 Å². The molecule has 4 nitrogen and oxygen atoms in total. The predicted molar refractivity (Wildman–Crippen MR) is 133 cm³/mol. The summed E-state index contributed by atoms with van der Waals surface area (Å²) >= 11 is 1.38. The zero-order valence-electron chi connectivity index (χ0n) is 20.5. The van der Waals surface area contributed by atoms with Crippen LogP contribution in [0.2, 0.25) is 0 Å². The third-order valence-corrected chi connectivity index (χ3v) is 7.56. The molecule has 2 aromatic carbocycles. The second-order valence-corrected chi connectivity index (χ2v) is 10.6. The Morgan fingerprint density at radius 3 is 2.12 bits per heavy atom. The maximum atomic E-state index is 11.1. The minimum absolute atomic E-state index is 0.0567. The van der Waals surface area contributed by atoms with E-state index in [0.717, 1.165) is 34.6 Å². The molecule has 0 aromatic heterocycles. The van der Waals surface area contributed by atoms with Gasteiger partial charge in [-0.25, -0.2) is 0 Å². The van der Waals surface area contributed by atoms with Crippen molar-refractivity contribution < 1.29 is 19.7 Å². The number of aryl methyl sites for hydroxylation is 2. The van der Waals surface area contributed by atoms with E-state index in [-0.39, 0.29) is 23.2 Å². The summed E-state index contributed by atoms with van der Waals surface area (Å²) in [6.07, 6.45) is 1.32. The van der Waals surface area contributed by atoms with Crippen molar-refractivity contribution in [2.24, 2.45) is 5.41 Å². The number of aliphatic hydroxyl groups is 1. The van der Waals surface area contributed by atoms with E-state index in [2.05, 4.69) is 44.2 Å². The molecular weight excluding hydrogens is 420 g/mol. The molecule has 0 aliphatic heterocycles. The van der Waals surface area contributed by atoms with Crippen molar-refractivity contribution in [2.45, 2.75) is 77.7 Å². The van der Waals surface area contributed by atoms with Gasteiger partial charge in [-0.15, -0.1) is 11.8 Å². The van der Waals surface area contributed by atoms with Gasteiger partial charge in [0.25, 0.3) is 0 Å². The number of benzene rings is 2. The number of ether oxygens (including phenoxy) is 1. The molecule has 2 N–H and O–H groups in total. The van der Waals surface area contributed by atoms with Crippen molar-refractivity contribution in [2.75, 3.05) is 12.4 Å². The van der Waals surface area contributed by atoms with Crippen LogP contribution in [0.4, 0.5) is 0 Å². The van der Waals surface area contributed by atoms with E-state index in [9.17, 15) is 9.90 Å². The molecule has 0 fully saturated rings. The van der Waals surface area contributed by atoms with Gasteiger partial charge in [-0.1, -0.05) is 58.9 Å². The second kappa shape index (κ2) is 10.8. The molecule has 32 heavy (non-hydrogen) atoms. The fraction of sp³-hybridized carbons (Fsp3) is 0.519. The van der Waals surface area contributed by atoms with E-state index in [1.165, 1.54) is 22.9 Å². The van der Waals surface area contributed by atoms with Gasteiger partial charge in [0, 0.05) is 10.3 Å². The molecule has 0 saturated carbocycles. The topological polar surface area (TPSA) is 66.8 Å². The van der Waals surface area contributed by atoms with Crippen LogP contribution in [0.3, 0.4) is 0 Å². The Kier molecular flexibility index (Phi) is 8.83. The molecule has 0 bridgehead atoms. The Hall–Kier alpha value is -1.98. The van der Waals surface area contributed by atoms with Crippen LogP contribution in [0.15, 0.2) is 41.3 Å². The lowest BCUT2D eigenvalue weighted by molar-refractivity contribution is -0.133. The lowest BCUT2D eigenvalue weighted by Crippen LogP contribution is -2.32. The second-order valence-electron chi connectivity index (χ2n) is 9.63. The number of hydrogen-bond donors (Lipinski definition) is 2. The van der Waals surface area contributed by atoms with Crippen LogP contribution >= 0.6 is 11.8 Å². The average molecular weight is 459 g/mol. The number of carboxylic acid groups (broad SMARTS) is 1. The first-order chi connectivity index (χ1) is 14.9. The third-order valence-electron chi connectivity index (χ3n) is 6.42. The van der Waals surface area contributed by atoms with Gasteiger partial charge in [0.05, 0.1) is 11.9 Å². The summed E-state index contributed by atoms with van der Waals surface area (Å²) in [5.74, 6) is 0.0424. The number of aliphatic carboxylic acids is 1. The highest BCUT2D eigenvalue weighted by atomic mass is 32.2. The molecule has 5 heteroatoms. The van der Waals surface area contributed by atoms with Crippen LogP contribution in [0.25, 0.3) is 0 Å². The van der Waals surface area contributed by atoms with Crippen LogP contribution < -0.4 is 4.74 Å². The van der Waals surface area contributed by atoms with Crippen molar-refractivity contribution in [1.82, 2.24) is 0 Å². The number of rotatable bonds is 10. The first-order valence-electron chi connectivity index (χ1n) is 11.3. The van der Waals surface area contributed by atoms with Gasteiger partial charge in [-0.3, -0.25) is 4.79 Å². The van der Waals surface area contributed by atoms with Crippen molar-refractivity contribution in [3.8, 4) is 5.75 Å². The van der Waals surface area contributed by atoms with E-state index in [1.807, 2.05) is 40.7 Å². The van der Waals surface area contributed by atoms with Crippen LogP contribution in [-0.4, -0.2) is 34.6 Å². The molecule has 0 saturated heterocycles. The predicted octanol–water partition coefficient (Wildman–Crippen LogP) is 6.37. The third kappa shape index (κ3) is 6.08. The van der Waals surface area contributed by atoms with Gasteiger partial charge in [0.2, 0.25) is 0 Å². The summed E-state index contributed by atoms with van der Waals surface area (Å²) in [6, 6.07) is 12.8. The van der Waals surface area contributed by atoms with E-state index in [0.29, 0.717) is 0 Å². The minimum Gasteiger partial charge on any atom is -0.491 e. The fourth-order valence-electron chi connectivity index (χ4n) is 3.95. The maximum Gasteiger partial charge on any atom is 0.313 e. The number of carboxylic acids is 1. The van der Waals surface area contributed by atoms with Gasteiger partial charge >= 0.3 is 5.97 Å². The molecule has 2 rings (SSSR count). The van der Waals surface area contributed by atoms with Crippen molar-refractivity contribution in [3.63, 3.8) is 0 Å². The van der Waals surface area contributed by atoms with E-state index < -0.39 is 12.1 Å². The summed E-state index contributed by atoms with van der Waals surface area (Å²) in [5, 5.41) is 19.4. The summed E-state index contributed by atoms with van der Waals surface area (Å²) < 4.78 is 5.95. The number of hydrogen-bond acceptors (Lipinski definition) is 4. The van der Waals surface area contributed by atoms with Crippen molar-refractivity contribution >= 4 is 17.7 Å². The number of aliphatic hydroxyl groups excluding tert-OH is 1. The average Bonchev–Trinajstić information content (AvgIpc) is 2.73.